The lowest BCUT2D eigenvalue weighted by Crippen LogP contribution is -2.39. The summed E-state index contributed by atoms with van der Waals surface area (Å²) in [5.74, 6) is -1.44. The van der Waals surface area contributed by atoms with Crippen LogP contribution in [-0.4, -0.2) is 31.8 Å². The number of nitrogens with one attached hydrogen (secondary N) is 2. The van der Waals surface area contributed by atoms with Gasteiger partial charge in [-0.1, -0.05) is 13.0 Å². The van der Waals surface area contributed by atoms with Gasteiger partial charge in [-0.3, -0.25) is 4.99 Å². The number of alkyl halides is 3. The number of guanidine groups is 1. The summed E-state index contributed by atoms with van der Waals surface area (Å²) in [5, 5.41) is 5.39. The molecule has 1 atom stereocenters. The van der Waals surface area contributed by atoms with Crippen molar-refractivity contribution in [2.75, 3.05) is 19.6 Å². The Labute approximate surface area is 132 Å². The Morgan fingerprint density at radius 2 is 1.91 bits per heavy atom. The van der Waals surface area contributed by atoms with Gasteiger partial charge < -0.3 is 10.6 Å². The molecule has 0 fully saturated rings. The highest BCUT2D eigenvalue weighted by molar-refractivity contribution is 5.79. The van der Waals surface area contributed by atoms with E-state index in [0.717, 1.165) is 12.1 Å². The fourth-order valence-electron chi connectivity index (χ4n) is 1.89. The smallest absolute Gasteiger partial charge is 0.357 e. The zero-order valence-electron chi connectivity index (χ0n) is 13.0. The van der Waals surface area contributed by atoms with E-state index in [9.17, 15) is 22.0 Å². The molecule has 1 aromatic rings. The van der Waals surface area contributed by atoms with Crippen LogP contribution in [0.25, 0.3) is 0 Å². The second-order valence-electron chi connectivity index (χ2n) is 5.08. The quantitative estimate of drug-likeness (QED) is 0.473. The van der Waals surface area contributed by atoms with Crippen LogP contribution in [0.2, 0.25) is 0 Å². The molecule has 0 spiro atoms. The third-order valence-corrected chi connectivity index (χ3v) is 3.06. The molecule has 0 aromatic heterocycles. The normalized spacial score (nSPS) is 13.8. The Morgan fingerprint density at radius 3 is 2.48 bits per heavy atom. The first-order valence-corrected chi connectivity index (χ1v) is 7.26. The minimum Gasteiger partial charge on any atom is -0.357 e. The lowest BCUT2D eigenvalue weighted by molar-refractivity contribution is -0.132. The number of halogens is 5. The lowest BCUT2D eigenvalue weighted by atomic mass is 10.0. The van der Waals surface area contributed by atoms with Crippen LogP contribution in [0.15, 0.2) is 23.2 Å². The number of benzene rings is 1. The molecule has 0 radical (unpaired) electrons. The first-order chi connectivity index (χ1) is 10.7. The van der Waals surface area contributed by atoms with Crippen molar-refractivity contribution in [2.45, 2.75) is 32.4 Å². The molecule has 130 valence electrons. The van der Waals surface area contributed by atoms with Crippen molar-refractivity contribution < 1.29 is 22.0 Å². The van der Waals surface area contributed by atoms with Crippen LogP contribution >= 0.6 is 0 Å². The number of hydrogen-bond donors (Lipinski definition) is 2. The van der Waals surface area contributed by atoms with Crippen molar-refractivity contribution in [3.63, 3.8) is 0 Å². The molecule has 8 heteroatoms. The molecule has 0 aliphatic carbocycles. The Hall–Kier alpha value is -1.86. The van der Waals surface area contributed by atoms with E-state index in [1.165, 1.54) is 6.07 Å². The molecule has 0 bridgehead atoms. The van der Waals surface area contributed by atoms with Crippen LogP contribution in [-0.2, 0) is 0 Å². The molecule has 0 heterocycles. The Balaban J connectivity index is 2.64. The van der Waals surface area contributed by atoms with Crippen molar-refractivity contribution in [3.05, 3.63) is 35.4 Å². The van der Waals surface area contributed by atoms with E-state index in [-0.39, 0.29) is 25.0 Å². The van der Waals surface area contributed by atoms with Gasteiger partial charge in [0, 0.05) is 31.6 Å². The van der Waals surface area contributed by atoms with E-state index in [0.29, 0.717) is 12.1 Å². The van der Waals surface area contributed by atoms with Crippen molar-refractivity contribution in [2.24, 2.45) is 4.99 Å². The molecule has 0 aliphatic rings. The van der Waals surface area contributed by atoms with Crippen molar-refractivity contribution in [3.8, 4) is 0 Å². The molecule has 2 N–H and O–H groups in total. The summed E-state index contributed by atoms with van der Waals surface area (Å²) in [6.07, 6.45) is -5.21. The monoisotopic (exact) mass is 337 g/mol. The molecule has 0 saturated carbocycles. The van der Waals surface area contributed by atoms with Crippen LogP contribution in [0.4, 0.5) is 22.0 Å². The average Bonchev–Trinajstić information content (AvgIpc) is 2.43. The maximum atomic E-state index is 13.7. The molecular weight excluding hydrogens is 317 g/mol. The van der Waals surface area contributed by atoms with Crippen molar-refractivity contribution in [1.82, 2.24) is 10.6 Å². The summed E-state index contributed by atoms with van der Waals surface area (Å²) in [6.45, 7) is 3.83. The van der Waals surface area contributed by atoms with Gasteiger partial charge in [0.15, 0.2) is 5.96 Å². The van der Waals surface area contributed by atoms with E-state index in [2.05, 4.69) is 15.6 Å². The van der Waals surface area contributed by atoms with Gasteiger partial charge >= 0.3 is 6.18 Å². The lowest BCUT2D eigenvalue weighted by Gasteiger charge is -2.15. The number of nitrogens with zero attached hydrogens (tertiary/aromatic N) is 1. The summed E-state index contributed by atoms with van der Waals surface area (Å²) >= 11 is 0. The Bertz CT molecular complexity index is 528. The minimum absolute atomic E-state index is 0.157. The third kappa shape index (κ3) is 7.30. The average molecular weight is 337 g/mol. The van der Waals surface area contributed by atoms with Crippen molar-refractivity contribution in [1.29, 1.82) is 0 Å². The predicted molar refractivity (Wildman–Crippen MR) is 79.4 cm³/mol. The molecule has 1 unspecified atom stereocenters. The van der Waals surface area contributed by atoms with Gasteiger partial charge in [-0.15, -0.1) is 0 Å². The molecule has 1 aromatic carbocycles. The van der Waals surface area contributed by atoms with Gasteiger partial charge in [0.25, 0.3) is 0 Å². The first kappa shape index (κ1) is 19.2. The zero-order valence-corrected chi connectivity index (χ0v) is 13.0. The molecule has 0 amide bonds. The van der Waals surface area contributed by atoms with Crippen LogP contribution in [0, 0.1) is 11.6 Å². The van der Waals surface area contributed by atoms with Crippen LogP contribution in [0.5, 0.6) is 0 Å². The molecule has 0 saturated heterocycles. The SMILES string of the molecule is CCNC(=NCC(C)c1ccc(F)cc1F)NCCC(F)(F)F. The van der Waals surface area contributed by atoms with Crippen LogP contribution in [0.3, 0.4) is 0 Å². The van der Waals surface area contributed by atoms with Gasteiger partial charge in [-0.05, 0) is 18.6 Å². The molecular formula is C15H20F5N3. The molecule has 3 nitrogen and oxygen atoms in total. The van der Waals surface area contributed by atoms with E-state index in [1.807, 2.05) is 0 Å². The van der Waals surface area contributed by atoms with Gasteiger partial charge in [-0.2, -0.15) is 13.2 Å². The summed E-state index contributed by atoms with van der Waals surface area (Å²) < 4.78 is 62.9. The maximum Gasteiger partial charge on any atom is 0.390 e. The second kappa shape index (κ2) is 8.69. The largest absolute Gasteiger partial charge is 0.390 e. The summed E-state index contributed by atoms with van der Waals surface area (Å²) in [4.78, 5) is 4.14. The van der Waals surface area contributed by atoms with Gasteiger partial charge in [-0.25, -0.2) is 8.78 Å². The Morgan fingerprint density at radius 1 is 1.22 bits per heavy atom. The fourth-order valence-corrected chi connectivity index (χ4v) is 1.89. The number of hydrogen-bond acceptors (Lipinski definition) is 1. The molecule has 23 heavy (non-hydrogen) atoms. The number of aliphatic imine (C=N–C) groups is 1. The minimum atomic E-state index is -4.24. The summed E-state index contributed by atoms with van der Waals surface area (Å²) in [6, 6.07) is 3.29. The van der Waals surface area contributed by atoms with Gasteiger partial charge in [0.05, 0.1) is 6.42 Å². The van der Waals surface area contributed by atoms with E-state index >= 15 is 0 Å². The standard InChI is InChI=1S/C15H20F5N3/c1-3-21-14(22-7-6-15(18,19)20)23-9-10(2)12-5-4-11(16)8-13(12)17/h4-5,8,10H,3,6-7,9H2,1-2H3,(H2,21,22,23). The molecule has 1 rings (SSSR count). The number of rotatable bonds is 6. The van der Waals surface area contributed by atoms with E-state index < -0.39 is 24.2 Å². The maximum absolute atomic E-state index is 13.7. The summed E-state index contributed by atoms with van der Waals surface area (Å²) in [5.41, 5.74) is 0.307. The van der Waals surface area contributed by atoms with Crippen LogP contribution < -0.4 is 10.6 Å². The van der Waals surface area contributed by atoms with Crippen LogP contribution in [0.1, 0.15) is 31.7 Å². The highest BCUT2D eigenvalue weighted by Crippen LogP contribution is 2.20. The highest BCUT2D eigenvalue weighted by atomic mass is 19.4. The Kier molecular flexibility index (Phi) is 7.25. The van der Waals surface area contributed by atoms with Gasteiger partial charge in [0.1, 0.15) is 11.6 Å². The van der Waals surface area contributed by atoms with E-state index in [1.54, 1.807) is 13.8 Å². The zero-order chi connectivity index (χ0) is 17.5. The summed E-state index contributed by atoms with van der Waals surface area (Å²) in [7, 11) is 0. The molecule has 0 aliphatic heterocycles. The van der Waals surface area contributed by atoms with Crippen molar-refractivity contribution >= 4 is 5.96 Å². The fraction of sp³-hybridized carbons (Fsp3) is 0.533. The third-order valence-electron chi connectivity index (χ3n) is 3.06. The topological polar surface area (TPSA) is 36.4 Å². The van der Waals surface area contributed by atoms with Gasteiger partial charge in [0.2, 0.25) is 0 Å². The van der Waals surface area contributed by atoms with E-state index in [4.69, 9.17) is 0 Å². The first-order valence-electron chi connectivity index (χ1n) is 7.26. The second-order valence-corrected chi connectivity index (χ2v) is 5.08. The predicted octanol–water partition coefficient (Wildman–Crippen LogP) is 3.58. The highest BCUT2D eigenvalue weighted by Gasteiger charge is 2.26.